The first-order chi connectivity index (χ1) is 15.8. The second kappa shape index (κ2) is 9.73. The number of hydrogen-bond donors (Lipinski definition) is 3. The van der Waals surface area contributed by atoms with E-state index in [1.54, 1.807) is 0 Å². The zero-order valence-electron chi connectivity index (χ0n) is 18.7. The van der Waals surface area contributed by atoms with Crippen molar-refractivity contribution in [3.05, 3.63) is 54.7 Å². The lowest BCUT2D eigenvalue weighted by atomic mass is 10.1. The molecule has 0 spiro atoms. The molecule has 2 aliphatic rings. The molecule has 1 saturated heterocycles. The van der Waals surface area contributed by atoms with E-state index in [2.05, 4.69) is 74.8 Å². The van der Waals surface area contributed by atoms with E-state index in [1.165, 1.54) is 21.8 Å². The fourth-order valence-electron chi connectivity index (χ4n) is 4.60. The minimum Gasteiger partial charge on any atom is -0.379 e. The van der Waals surface area contributed by atoms with Crippen LogP contribution in [0.3, 0.4) is 0 Å². The van der Waals surface area contributed by atoms with Gasteiger partial charge in [-0.2, -0.15) is 0 Å². The number of aromatic nitrogens is 1. The third-order valence-corrected chi connectivity index (χ3v) is 6.22. The van der Waals surface area contributed by atoms with Crippen LogP contribution in [0.5, 0.6) is 0 Å². The molecule has 3 heterocycles. The predicted molar refractivity (Wildman–Crippen MR) is 132 cm³/mol. The Labute approximate surface area is 189 Å². The highest BCUT2D eigenvalue weighted by molar-refractivity contribution is 6.11. The first kappa shape index (κ1) is 21.0. The fourth-order valence-corrected chi connectivity index (χ4v) is 4.60. The Morgan fingerprint density at radius 3 is 2.81 bits per heavy atom. The summed E-state index contributed by atoms with van der Waals surface area (Å²) in [5.74, 6) is 0.855. The smallest absolute Gasteiger partial charge is 0.175 e. The molecule has 7 heteroatoms. The second-order valence-electron chi connectivity index (χ2n) is 8.30. The molecule has 1 aromatic heterocycles. The van der Waals surface area contributed by atoms with Crippen LogP contribution in [0, 0.1) is 0 Å². The third kappa shape index (κ3) is 4.50. The molecule has 168 valence electrons. The average molecular weight is 433 g/mol. The number of ether oxygens (including phenoxy) is 1. The first-order valence-electron chi connectivity index (χ1n) is 11.6. The number of anilines is 1. The lowest BCUT2D eigenvalue weighted by Crippen LogP contribution is -2.43. The second-order valence-corrected chi connectivity index (χ2v) is 8.30. The van der Waals surface area contributed by atoms with Crippen LogP contribution < -0.4 is 16.0 Å². The Bertz CT molecular complexity index is 1130. The van der Waals surface area contributed by atoms with Gasteiger partial charge in [-0.3, -0.25) is 10.2 Å². The summed E-state index contributed by atoms with van der Waals surface area (Å²) in [6.45, 7) is 8.95. The van der Waals surface area contributed by atoms with Crippen LogP contribution in [0.1, 0.15) is 13.3 Å². The van der Waals surface area contributed by atoms with Gasteiger partial charge in [0.25, 0.3) is 0 Å². The van der Waals surface area contributed by atoms with Crippen LogP contribution in [-0.4, -0.2) is 61.0 Å². The van der Waals surface area contributed by atoms with Gasteiger partial charge in [0.05, 0.1) is 13.2 Å². The molecular weight excluding hydrogens is 400 g/mol. The van der Waals surface area contributed by atoms with E-state index in [4.69, 9.17) is 9.73 Å². The van der Waals surface area contributed by atoms with Gasteiger partial charge in [0.1, 0.15) is 5.84 Å². The van der Waals surface area contributed by atoms with Crippen molar-refractivity contribution < 1.29 is 4.74 Å². The quantitative estimate of drug-likeness (QED) is 0.500. The molecule has 2 aromatic carbocycles. The van der Waals surface area contributed by atoms with Gasteiger partial charge in [0, 0.05) is 53.3 Å². The predicted octanol–water partition coefficient (Wildman–Crippen LogP) is 3.34. The Balaban J connectivity index is 1.23. The molecule has 7 nitrogen and oxygen atoms in total. The largest absolute Gasteiger partial charge is 0.379 e. The molecule has 0 radical (unpaired) electrons. The van der Waals surface area contributed by atoms with Crippen molar-refractivity contribution in [1.82, 2.24) is 20.1 Å². The van der Waals surface area contributed by atoms with Crippen LogP contribution in [0.25, 0.3) is 21.8 Å². The number of amidine groups is 1. The summed E-state index contributed by atoms with van der Waals surface area (Å²) in [7, 11) is 0. The molecule has 0 amide bonds. The van der Waals surface area contributed by atoms with Crippen LogP contribution in [0.15, 0.2) is 59.7 Å². The van der Waals surface area contributed by atoms with Crippen LogP contribution in [-0.2, 0) is 11.3 Å². The van der Waals surface area contributed by atoms with Gasteiger partial charge in [-0.1, -0.05) is 18.2 Å². The van der Waals surface area contributed by atoms with E-state index in [1.807, 2.05) is 12.3 Å². The van der Waals surface area contributed by atoms with Gasteiger partial charge in [-0.05, 0) is 56.8 Å². The Morgan fingerprint density at radius 2 is 1.94 bits per heavy atom. The van der Waals surface area contributed by atoms with Gasteiger partial charge < -0.3 is 19.9 Å². The summed E-state index contributed by atoms with van der Waals surface area (Å²) in [4.78, 5) is 7.24. The van der Waals surface area contributed by atoms with E-state index in [0.29, 0.717) is 0 Å². The number of nitrogens with one attached hydrogen (secondary N) is 3. The molecule has 0 saturated carbocycles. The minimum atomic E-state index is -0.113. The maximum Gasteiger partial charge on any atom is 0.175 e. The Kier molecular flexibility index (Phi) is 6.39. The van der Waals surface area contributed by atoms with Crippen molar-refractivity contribution in [3.63, 3.8) is 0 Å². The van der Waals surface area contributed by atoms with Crippen molar-refractivity contribution in [2.24, 2.45) is 4.99 Å². The van der Waals surface area contributed by atoms with Gasteiger partial charge >= 0.3 is 0 Å². The summed E-state index contributed by atoms with van der Waals surface area (Å²) in [6.07, 6.45) is 4.91. The fraction of sp³-hybridized carbons (Fsp3) is 0.400. The molecule has 0 aliphatic carbocycles. The van der Waals surface area contributed by atoms with Crippen molar-refractivity contribution in [2.45, 2.75) is 26.2 Å². The van der Waals surface area contributed by atoms with E-state index < -0.39 is 0 Å². The summed E-state index contributed by atoms with van der Waals surface area (Å²) in [6, 6.07) is 15.2. The Morgan fingerprint density at radius 1 is 1.09 bits per heavy atom. The molecular formula is C25H32N6O. The molecule has 0 bridgehead atoms. The number of rotatable bonds is 7. The topological polar surface area (TPSA) is 65.9 Å². The van der Waals surface area contributed by atoms with Gasteiger partial charge in [-0.15, -0.1) is 0 Å². The third-order valence-electron chi connectivity index (χ3n) is 6.22. The number of para-hydroxylation sites is 1. The van der Waals surface area contributed by atoms with Gasteiger partial charge in [0.2, 0.25) is 0 Å². The first-order valence-corrected chi connectivity index (χ1v) is 11.6. The number of fused-ring (bicyclic) bond motifs is 3. The van der Waals surface area contributed by atoms with Crippen molar-refractivity contribution in [3.8, 4) is 0 Å². The number of hydrogen-bond acceptors (Lipinski definition) is 6. The maximum absolute atomic E-state index is 5.41. The maximum atomic E-state index is 5.41. The zero-order valence-corrected chi connectivity index (χ0v) is 18.7. The van der Waals surface area contributed by atoms with Crippen LogP contribution in [0.4, 0.5) is 5.69 Å². The standard InChI is InChI=1S/C25H32N6O/c1-2-31-22-7-4-3-6-20(22)21-18-19(8-9-23(21)31)28-24-10-12-27-25(29-24)26-11-5-13-30-14-16-32-17-15-30/h3-4,6-10,12,18,25-27H,2,5,11,13-17H2,1H3,(H,28,29). The number of benzene rings is 2. The summed E-state index contributed by atoms with van der Waals surface area (Å²) in [5, 5.41) is 12.8. The lowest BCUT2D eigenvalue weighted by molar-refractivity contribution is 0.0373. The van der Waals surface area contributed by atoms with Gasteiger partial charge in [-0.25, -0.2) is 4.99 Å². The van der Waals surface area contributed by atoms with E-state index in [9.17, 15) is 0 Å². The molecule has 1 atom stereocenters. The van der Waals surface area contributed by atoms with E-state index in [0.717, 1.165) is 63.9 Å². The normalized spacial score (nSPS) is 19.3. The van der Waals surface area contributed by atoms with Crippen LogP contribution >= 0.6 is 0 Å². The SMILES string of the molecule is CCn1c2ccccc2c2cc(NC3=NC(NCCCN4CCOCC4)NC=C3)ccc21. The number of aryl methyl sites for hydroxylation is 1. The molecule has 32 heavy (non-hydrogen) atoms. The van der Waals surface area contributed by atoms with E-state index >= 15 is 0 Å². The number of aliphatic imine (C=N–C) groups is 1. The highest BCUT2D eigenvalue weighted by Gasteiger charge is 2.13. The minimum absolute atomic E-state index is 0.113. The van der Waals surface area contributed by atoms with Crippen molar-refractivity contribution >= 4 is 33.3 Å². The van der Waals surface area contributed by atoms with Gasteiger partial charge in [0.15, 0.2) is 6.29 Å². The summed E-state index contributed by atoms with van der Waals surface area (Å²) < 4.78 is 7.78. The zero-order chi connectivity index (χ0) is 21.8. The Hall–Kier alpha value is -2.87. The average Bonchev–Trinajstić information content (AvgIpc) is 3.16. The highest BCUT2D eigenvalue weighted by Crippen LogP contribution is 2.31. The molecule has 2 aliphatic heterocycles. The molecule has 1 fully saturated rings. The lowest BCUT2D eigenvalue weighted by Gasteiger charge is -2.27. The summed E-state index contributed by atoms with van der Waals surface area (Å²) in [5.41, 5.74) is 3.59. The number of morpholine rings is 1. The molecule has 5 rings (SSSR count). The number of nitrogens with zero attached hydrogens (tertiary/aromatic N) is 3. The van der Waals surface area contributed by atoms with Crippen LogP contribution in [0.2, 0.25) is 0 Å². The molecule has 1 unspecified atom stereocenters. The summed E-state index contributed by atoms with van der Waals surface area (Å²) >= 11 is 0. The monoisotopic (exact) mass is 432 g/mol. The molecule has 3 aromatic rings. The van der Waals surface area contributed by atoms with Crippen molar-refractivity contribution in [2.75, 3.05) is 44.7 Å². The molecule has 3 N–H and O–H groups in total. The highest BCUT2D eigenvalue weighted by atomic mass is 16.5. The van der Waals surface area contributed by atoms with E-state index in [-0.39, 0.29) is 6.29 Å². The van der Waals surface area contributed by atoms with Crippen molar-refractivity contribution in [1.29, 1.82) is 0 Å².